The lowest BCUT2D eigenvalue weighted by molar-refractivity contribution is 0.414. The van der Waals surface area contributed by atoms with Gasteiger partial charge in [-0.2, -0.15) is 0 Å². The van der Waals surface area contributed by atoms with Crippen LogP contribution in [-0.4, -0.2) is 26.7 Å². The number of anilines is 1. The Morgan fingerprint density at radius 1 is 1.31 bits per heavy atom. The summed E-state index contributed by atoms with van der Waals surface area (Å²) < 4.78 is 8.04. The van der Waals surface area contributed by atoms with Gasteiger partial charge in [-0.15, -0.1) is 5.10 Å². The molecule has 26 heavy (non-hydrogen) atoms. The van der Waals surface area contributed by atoms with Crippen molar-refractivity contribution >= 4 is 37.4 Å². The Labute approximate surface area is 163 Å². The molecule has 1 aromatic carbocycles. The van der Waals surface area contributed by atoms with Gasteiger partial charge in [0.15, 0.2) is 0 Å². The smallest absolute Gasteiger partial charge is 0.214 e. The number of hydrogen-bond acceptors (Lipinski definition) is 6. The predicted molar refractivity (Wildman–Crippen MR) is 107 cm³/mol. The fourth-order valence-electron chi connectivity index (χ4n) is 2.66. The molecular formula is C18H16BrN5OS. The van der Waals surface area contributed by atoms with Gasteiger partial charge in [0.1, 0.15) is 5.75 Å². The number of nitrogens with zero attached hydrogens (tertiary/aromatic N) is 4. The second-order valence-corrected chi connectivity index (χ2v) is 7.57. The van der Waals surface area contributed by atoms with Crippen LogP contribution in [0.5, 0.6) is 5.75 Å². The highest BCUT2D eigenvalue weighted by molar-refractivity contribution is 9.10. The average molecular weight is 430 g/mol. The summed E-state index contributed by atoms with van der Waals surface area (Å²) in [5, 5.41) is 8.84. The van der Waals surface area contributed by atoms with E-state index in [0.29, 0.717) is 0 Å². The molecule has 0 aliphatic carbocycles. The molecule has 0 spiro atoms. The molecule has 0 amide bonds. The van der Waals surface area contributed by atoms with E-state index in [-0.39, 0.29) is 6.04 Å². The number of benzene rings is 1. The van der Waals surface area contributed by atoms with Gasteiger partial charge in [0, 0.05) is 22.4 Å². The van der Waals surface area contributed by atoms with Crippen LogP contribution in [0.3, 0.4) is 0 Å². The third kappa shape index (κ3) is 3.30. The number of pyridine rings is 1. The van der Waals surface area contributed by atoms with Crippen molar-refractivity contribution < 1.29 is 4.74 Å². The molecular weight excluding hydrogens is 414 g/mol. The Hall–Kier alpha value is -2.45. The molecule has 0 fully saturated rings. The normalized spacial score (nSPS) is 12.3. The highest BCUT2D eigenvalue weighted by Gasteiger charge is 2.14. The molecule has 6 nitrogen and oxygen atoms in total. The third-order valence-electron chi connectivity index (χ3n) is 4.01. The summed E-state index contributed by atoms with van der Waals surface area (Å²) in [6.07, 6.45) is 5.47. The molecule has 3 aromatic heterocycles. The Kier molecular flexibility index (Phi) is 4.60. The van der Waals surface area contributed by atoms with E-state index in [4.69, 9.17) is 4.74 Å². The van der Waals surface area contributed by atoms with E-state index >= 15 is 0 Å². The predicted octanol–water partition coefficient (Wildman–Crippen LogP) is 4.80. The fourth-order valence-corrected chi connectivity index (χ4v) is 4.23. The highest BCUT2D eigenvalue weighted by Crippen LogP contribution is 2.31. The van der Waals surface area contributed by atoms with Gasteiger partial charge >= 0.3 is 0 Å². The van der Waals surface area contributed by atoms with Crippen LogP contribution in [0.15, 0.2) is 53.4 Å². The molecule has 0 aliphatic rings. The van der Waals surface area contributed by atoms with Gasteiger partial charge in [0.2, 0.25) is 10.1 Å². The van der Waals surface area contributed by atoms with Gasteiger partial charge in [0.25, 0.3) is 0 Å². The first-order valence-corrected chi connectivity index (χ1v) is 9.61. The number of rotatable bonds is 5. The van der Waals surface area contributed by atoms with Crippen LogP contribution in [0, 0.1) is 0 Å². The van der Waals surface area contributed by atoms with Crippen LogP contribution in [0.2, 0.25) is 0 Å². The topological polar surface area (TPSA) is 64.3 Å². The van der Waals surface area contributed by atoms with Crippen LogP contribution in [-0.2, 0) is 0 Å². The van der Waals surface area contributed by atoms with E-state index in [1.54, 1.807) is 24.0 Å². The van der Waals surface area contributed by atoms with Gasteiger partial charge in [-0.1, -0.05) is 33.3 Å². The molecule has 0 unspecified atom stereocenters. The molecule has 8 heteroatoms. The van der Waals surface area contributed by atoms with Crippen molar-refractivity contribution in [2.75, 3.05) is 12.4 Å². The van der Waals surface area contributed by atoms with Crippen molar-refractivity contribution in [2.45, 2.75) is 13.0 Å². The summed E-state index contributed by atoms with van der Waals surface area (Å²) in [7, 11) is 1.66. The summed E-state index contributed by atoms with van der Waals surface area (Å²) in [6.45, 7) is 2.10. The molecule has 1 atom stereocenters. The molecule has 1 N–H and O–H groups in total. The van der Waals surface area contributed by atoms with E-state index in [0.717, 1.165) is 37.1 Å². The minimum atomic E-state index is 0.0870. The summed E-state index contributed by atoms with van der Waals surface area (Å²) in [6, 6.07) is 9.93. The number of methoxy groups -OCH3 is 1. The number of imidazole rings is 1. The van der Waals surface area contributed by atoms with Crippen LogP contribution < -0.4 is 10.1 Å². The molecule has 132 valence electrons. The number of aromatic nitrogens is 4. The van der Waals surface area contributed by atoms with Crippen molar-refractivity contribution in [1.82, 2.24) is 19.6 Å². The molecule has 4 aromatic rings. The fraction of sp³-hybridized carbons (Fsp3) is 0.167. The lowest BCUT2D eigenvalue weighted by Gasteiger charge is -2.15. The Morgan fingerprint density at radius 3 is 2.88 bits per heavy atom. The van der Waals surface area contributed by atoms with E-state index < -0.39 is 0 Å². The standard InChI is InChI=1S/C18H16BrN5OS/c1-11(14-6-5-13(25-2)8-15(14)19)21-17-23-24-10-16(22-18(24)26-17)12-4-3-7-20-9-12/h3-11H,1-2H3,(H,21,23)/t11-/m0/s1. The number of ether oxygens (including phenoxy) is 1. The van der Waals surface area contributed by atoms with Crippen LogP contribution >= 0.6 is 27.3 Å². The molecule has 3 heterocycles. The van der Waals surface area contributed by atoms with Gasteiger partial charge in [-0.05, 0) is 36.8 Å². The lowest BCUT2D eigenvalue weighted by Crippen LogP contribution is -2.07. The van der Waals surface area contributed by atoms with Crippen molar-refractivity contribution in [1.29, 1.82) is 0 Å². The summed E-state index contributed by atoms with van der Waals surface area (Å²) >= 11 is 5.12. The maximum absolute atomic E-state index is 5.25. The van der Waals surface area contributed by atoms with E-state index in [1.807, 2.05) is 36.5 Å². The van der Waals surface area contributed by atoms with Gasteiger partial charge in [-0.3, -0.25) is 4.98 Å². The minimum Gasteiger partial charge on any atom is -0.497 e. The van der Waals surface area contributed by atoms with E-state index in [2.05, 4.69) is 43.2 Å². The lowest BCUT2D eigenvalue weighted by atomic mass is 10.1. The number of hydrogen-bond donors (Lipinski definition) is 1. The van der Waals surface area contributed by atoms with E-state index in [9.17, 15) is 0 Å². The van der Waals surface area contributed by atoms with Crippen LogP contribution in [0.25, 0.3) is 16.2 Å². The molecule has 0 aliphatic heterocycles. The third-order valence-corrected chi connectivity index (χ3v) is 5.56. The van der Waals surface area contributed by atoms with Crippen molar-refractivity contribution in [3.63, 3.8) is 0 Å². The van der Waals surface area contributed by atoms with Crippen LogP contribution in [0.1, 0.15) is 18.5 Å². The second-order valence-electron chi connectivity index (χ2n) is 5.76. The second kappa shape index (κ2) is 7.05. The van der Waals surface area contributed by atoms with Crippen molar-refractivity contribution in [3.05, 3.63) is 59.0 Å². The van der Waals surface area contributed by atoms with Gasteiger partial charge in [-0.25, -0.2) is 9.50 Å². The Bertz CT molecular complexity index is 1010. The average Bonchev–Trinajstić information content (AvgIpc) is 3.20. The van der Waals surface area contributed by atoms with Crippen LogP contribution in [0.4, 0.5) is 5.13 Å². The van der Waals surface area contributed by atoms with Crippen molar-refractivity contribution in [3.8, 4) is 17.0 Å². The van der Waals surface area contributed by atoms with Gasteiger partial charge in [0.05, 0.1) is 25.0 Å². The first-order valence-electron chi connectivity index (χ1n) is 8.00. The zero-order valence-electron chi connectivity index (χ0n) is 14.2. The number of fused-ring (bicyclic) bond motifs is 1. The molecule has 0 saturated carbocycles. The van der Waals surface area contributed by atoms with Crippen molar-refractivity contribution in [2.24, 2.45) is 0 Å². The summed E-state index contributed by atoms with van der Waals surface area (Å²) in [5.41, 5.74) is 2.99. The maximum atomic E-state index is 5.25. The molecule has 0 radical (unpaired) electrons. The van der Waals surface area contributed by atoms with E-state index in [1.165, 1.54) is 11.3 Å². The minimum absolute atomic E-state index is 0.0870. The quantitative estimate of drug-likeness (QED) is 0.493. The molecule has 4 rings (SSSR count). The Balaban J connectivity index is 1.55. The first-order chi connectivity index (χ1) is 12.6. The highest BCUT2D eigenvalue weighted by atomic mass is 79.9. The maximum Gasteiger partial charge on any atom is 0.214 e. The molecule has 0 saturated heterocycles. The van der Waals surface area contributed by atoms with Gasteiger partial charge < -0.3 is 10.1 Å². The molecule has 0 bridgehead atoms. The zero-order valence-corrected chi connectivity index (χ0v) is 16.6. The SMILES string of the molecule is COc1ccc([C@H](C)Nc2nn3cc(-c4cccnc4)nc3s2)c(Br)c1. The summed E-state index contributed by atoms with van der Waals surface area (Å²) in [5.74, 6) is 0.823. The Morgan fingerprint density at radius 2 is 2.19 bits per heavy atom. The number of nitrogens with one attached hydrogen (secondary N) is 1. The largest absolute Gasteiger partial charge is 0.497 e. The monoisotopic (exact) mass is 429 g/mol. The first kappa shape index (κ1) is 17.0. The zero-order chi connectivity index (χ0) is 18.1. The summed E-state index contributed by atoms with van der Waals surface area (Å²) in [4.78, 5) is 9.61. The number of halogens is 1.